The van der Waals surface area contributed by atoms with Crippen molar-refractivity contribution in [3.8, 4) is 0 Å². The van der Waals surface area contributed by atoms with Gasteiger partial charge >= 0.3 is 0 Å². The predicted molar refractivity (Wildman–Crippen MR) is 121 cm³/mol. The summed E-state index contributed by atoms with van der Waals surface area (Å²) in [5, 5.41) is 8.35. The lowest BCUT2D eigenvalue weighted by atomic mass is 11.2. The summed E-state index contributed by atoms with van der Waals surface area (Å²) >= 11 is 0. The minimum atomic E-state index is -0.422. The summed E-state index contributed by atoms with van der Waals surface area (Å²) in [6.07, 6.45) is 0. The van der Waals surface area contributed by atoms with E-state index in [0.717, 1.165) is 0 Å². The molecule has 0 aliphatic heterocycles. The molecule has 0 aromatic heterocycles. The summed E-state index contributed by atoms with van der Waals surface area (Å²) in [4.78, 5) is 0. The van der Waals surface area contributed by atoms with E-state index >= 15 is 0 Å². The van der Waals surface area contributed by atoms with Crippen molar-refractivity contribution in [2.75, 3.05) is 136 Å². The van der Waals surface area contributed by atoms with Gasteiger partial charge in [0.05, 0.1) is 0 Å². The van der Waals surface area contributed by atoms with Gasteiger partial charge in [0.2, 0.25) is 0 Å². The maximum absolute atomic E-state index is 8.35. The molecule has 0 aliphatic rings. The molecule has 0 amide bonds. The molecule has 40 heavy (non-hydrogen) atoms. The van der Waals surface area contributed by atoms with Crippen molar-refractivity contribution in [1.29, 1.82) is 0 Å². The standard InChI is InChI=1S/C20H42O20/c1-22-3-24-5-26-7-28-9-30-11-32-13-34-15-36-17-38-19-40-20-39-18-37-16-35-14-33-12-31-10-29-8-27-6-25-4-23-2-21/h21H,2-20H2,1H3. The van der Waals surface area contributed by atoms with Crippen molar-refractivity contribution in [3.63, 3.8) is 0 Å². The molecule has 0 fully saturated rings. The van der Waals surface area contributed by atoms with Gasteiger partial charge in [-0.3, -0.25) is 0 Å². The number of hydrogen-bond donors (Lipinski definition) is 1. The van der Waals surface area contributed by atoms with E-state index in [-0.39, 0.29) is 122 Å². The van der Waals surface area contributed by atoms with E-state index in [1.807, 2.05) is 0 Å². The summed E-state index contributed by atoms with van der Waals surface area (Å²) in [6, 6.07) is 0. The van der Waals surface area contributed by atoms with Gasteiger partial charge in [-0.1, -0.05) is 0 Å². The first-order valence-corrected chi connectivity index (χ1v) is 11.4. The molecule has 0 rings (SSSR count). The first-order valence-electron chi connectivity index (χ1n) is 11.4. The highest BCUT2D eigenvalue weighted by Gasteiger charge is 1.95. The summed E-state index contributed by atoms with van der Waals surface area (Å²) < 4.78 is 94.1. The van der Waals surface area contributed by atoms with Crippen molar-refractivity contribution >= 4 is 0 Å². The molecule has 0 heterocycles. The summed E-state index contributed by atoms with van der Waals surface area (Å²) in [7, 11) is 1.51. The molecular formula is C20H42O20. The second-order valence-corrected chi connectivity index (χ2v) is 6.21. The Hall–Kier alpha value is -0.800. The van der Waals surface area contributed by atoms with E-state index < -0.39 is 6.79 Å². The SMILES string of the molecule is COCOCOCOCOCOCOCOCOCOCOCOCOCOCOCOCOCOCOCO. The Balaban J connectivity index is 3.01. The second-order valence-electron chi connectivity index (χ2n) is 6.21. The monoisotopic (exact) mass is 602 g/mol. The van der Waals surface area contributed by atoms with E-state index in [2.05, 4.69) is 9.47 Å². The van der Waals surface area contributed by atoms with E-state index in [1.54, 1.807) is 0 Å². The summed E-state index contributed by atoms with van der Waals surface area (Å²) in [5.74, 6) is 0. The molecule has 0 aliphatic carbocycles. The minimum absolute atomic E-state index is 0.0126. The molecule has 0 atom stereocenters. The van der Waals surface area contributed by atoms with Crippen molar-refractivity contribution in [3.05, 3.63) is 0 Å². The molecular weight excluding hydrogens is 560 g/mol. The fraction of sp³-hybridized carbons (Fsp3) is 1.00. The quantitative estimate of drug-likeness (QED) is 0.0679. The maximum Gasteiger partial charge on any atom is 0.152 e. The Morgan fingerprint density at radius 1 is 0.250 bits per heavy atom. The maximum atomic E-state index is 8.35. The molecule has 20 nitrogen and oxygen atoms in total. The zero-order valence-corrected chi connectivity index (χ0v) is 22.6. The van der Waals surface area contributed by atoms with Gasteiger partial charge in [-0.05, 0) is 0 Å². The Bertz CT molecular complexity index is 401. The van der Waals surface area contributed by atoms with Crippen LogP contribution >= 0.6 is 0 Å². The zero-order chi connectivity index (χ0) is 28.9. The molecule has 0 unspecified atom stereocenters. The fourth-order valence-electron chi connectivity index (χ4n) is 1.70. The van der Waals surface area contributed by atoms with Crippen LogP contribution in [0.15, 0.2) is 0 Å². The number of hydrogen-bond acceptors (Lipinski definition) is 20. The van der Waals surface area contributed by atoms with Crippen LogP contribution in [0.4, 0.5) is 0 Å². The fourth-order valence-corrected chi connectivity index (χ4v) is 1.70. The van der Waals surface area contributed by atoms with Gasteiger partial charge in [0.1, 0.15) is 13.6 Å². The third-order valence-electron chi connectivity index (χ3n) is 3.13. The zero-order valence-electron chi connectivity index (χ0n) is 22.6. The molecule has 0 aromatic carbocycles. The summed E-state index contributed by atoms with van der Waals surface area (Å²) in [5.41, 5.74) is 0. The highest BCUT2D eigenvalue weighted by molar-refractivity contribution is 4.11. The Kier molecular flexibility index (Phi) is 37.4. The Morgan fingerprint density at radius 3 is 0.550 bits per heavy atom. The largest absolute Gasteiger partial charge is 0.371 e. The highest BCUT2D eigenvalue weighted by atomic mass is 16.9. The van der Waals surface area contributed by atoms with E-state index in [1.165, 1.54) is 7.11 Å². The first-order chi connectivity index (χ1) is 19.9. The van der Waals surface area contributed by atoms with E-state index in [9.17, 15) is 0 Å². The van der Waals surface area contributed by atoms with Crippen LogP contribution in [0.2, 0.25) is 0 Å². The van der Waals surface area contributed by atoms with E-state index in [0.29, 0.717) is 0 Å². The average molecular weight is 603 g/mol. The minimum Gasteiger partial charge on any atom is -0.371 e. The van der Waals surface area contributed by atoms with Crippen molar-refractivity contribution in [1.82, 2.24) is 0 Å². The van der Waals surface area contributed by atoms with Gasteiger partial charge in [-0.15, -0.1) is 0 Å². The molecule has 0 saturated heterocycles. The molecule has 0 bridgehead atoms. The van der Waals surface area contributed by atoms with Gasteiger partial charge in [0.25, 0.3) is 0 Å². The molecule has 0 saturated carbocycles. The lowest BCUT2D eigenvalue weighted by molar-refractivity contribution is -0.241. The van der Waals surface area contributed by atoms with Crippen LogP contribution in [-0.2, 0) is 90.0 Å². The lowest BCUT2D eigenvalue weighted by Crippen LogP contribution is -2.13. The number of ether oxygens (including phenoxy) is 19. The number of rotatable bonds is 37. The summed E-state index contributed by atoms with van der Waals surface area (Å²) in [6.45, 7) is -0.932. The molecule has 20 heteroatoms. The van der Waals surface area contributed by atoms with Crippen LogP contribution in [0.3, 0.4) is 0 Å². The molecule has 0 radical (unpaired) electrons. The van der Waals surface area contributed by atoms with Gasteiger partial charge in [0.15, 0.2) is 115 Å². The van der Waals surface area contributed by atoms with Crippen molar-refractivity contribution < 1.29 is 95.1 Å². The Morgan fingerprint density at radius 2 is 0.400 bits per heavy atom. The first kappa shape index (κ1) is 39.2. The van der Waals surface area contributed by atoms with Crippen LogP contribution in [0.25, 0.3) is 0 Å². The van der Waals surface area contributed by atoms with Crippen LogP contribution < -0.4 is 0 Å². The highest BCUT2D eigenvalue weighted by Crippen LogP contribution is 1.89. The van der Waals surface area contributed by atoms with Crippen molar-refractivity contribution in [2.45, 2.75) is 0 Å². The van der Waals surface area contributed by atoms with Gasteiger partial charge in [-0.2, -0.15) is 0 Å². The lowest BCUT2D eigenvalue weighted by Gasteiger charge is -2.10. The topological polar surface area (TPSA) is 196 Å². The number of methoxy groups -OCH3 is 1. The second kappa shape index (κ2) is 38.2. The van der Waals surface area contributed by atoms with Gasteiger partial charge < -0.3 is 95.1 Å². The van der Waals surface area contributed by atoms with Gasteiger partial charge in [-0.25, -0.2) is 0 Å². The van der Waals surface area contributed by atoms with Crippen molar-refractivity contribution in [2.24, 2.45) is 0 Å². The number of aliphatic hydroxyl groups is 1. The van der Waals surface area contributed by atoms with Crippen LogP contribution in [0.1, 0.15) is 0 Å². The smallest absolute Gasteiger partial charge is 0.152 e. The molecule has 0 aromatic rings. The van der Waals surface area contributed by atoms with Crippen LogP contribution in [-0.4, -0.2) is 141 Å². The third-order valence-corrected chi connectivity index (χ3v) is 3.13. The predicted octanol–water partition coefficient (Wildman–Crippen LogP) is -0.884. The third kappa shape index (κ3) is 37.2. The van der Waals surface area contributed by atoms with Gasteiger partial charge in [0, 0.05) is 7.11 Å². The normalized spacial score (nSPS) is 11.6. The van der Waals surface area contributed by atoms with Crippen LogP contribution in [0.5, 0.6) is 0 Å². The molecule has 0 spiro atoms. The molecule has 242 valence electrons. The van der Waals surface area contributed by atoms with Crippen LogP contribution in [0, 0.1) is 0 Å². The average Bonchev–Trinajstić information content (AvgIpc) is 2.97. The Labute approximate surface area is 232 Å². The molecule has 1 N–H and O–H groups in total. The number of aliphatic hydroxyl groups excluding tert-OH is 1. The van der Waals surface area contributed by atoms with E-state index in [4.69, 9.17) is 85.6 Å².